The molecule has 0 aliphatic heterocycles. The molecular weight excluding hydrogens is 214 g/mol. The number of nitrogens with one attached hydrogen (secondary N) is 1. The second kappa shape index (κ2) is 7.38. The molecule has 0 saturated heterocycles. The molecule has 0 spiro atoms. The van der Waals surface area contributed by atoms with E-state index in [1.165, 1.54) is 19.1 Å². The molecule has 1 N–H and O–H groups in total. The minimum atomic E-state index is -0.0841. The third kappa shape index (κ3) is 9.94. The number of allylic oxidation sites excluding steroid dienone is 2. The van der Waals surface area contributed by atoms with Crippen molar-refractivity contribution in [3.8, 4) is 0 Å². The van der Waals surface area contributed by atoms with E-state index in [9.17, 15) is 9.59 Å². The monoisotopic (exact) mass is 239 g/mol. The van der Waals surface area contributed by atoms with Crippen LogP contribution in [0, 0.1) is 5.92 Å². The van der Waals surface area contributed by atoms with Crippen LogP contribution in [0.2, 0.25) is 0 Å². The largest absolute Gasteiger partial charge is 0.312 e. The first-order chi connectivity index (χ1) is 7.74. The summed E-state index contributed by atoms with van der Waals surface area (Å²) in [5.74, 6) is 0.278. The molecule has 0 aromatic heterocycles. The topological polar surface area (TPSA) is 46.2 Å². The molecule has 0 unspecified atom stereocenters. The van der Waals surface area contributed by atoms with Crippen LogP contribution >= 0.6 is 0 Å². The van der Waals surface area contributed by atoms with Gasteiger partial charge in [-0.3, -0.25) is 9.59 Å². The molecule has 0 aliphatic rings. The zero-order valence-electron chi connectivity index (χ0n) is 11.7. The van der Waals surface area contributed by atoms with Crippen LogP contribution in [0.1, 0.15) is 47.5 Å². The molecule has 0 radical (unpaired) electrons. The molecule has 0 aliphatic carbocycles. The molecule has 0 aromatic carbocycles. The van der Waals surface area contributed by atoms with Crippen molar-refractivity contribution in [3.05, 3.63) is 12.2 Å². The Morgan fingerprint density at radius 2 is 1.82 bits per heavy atom. The molecular formula is C14H25NO2. The highest BCUT2D eigenvalue weighted by atomic mass is 16.1. The molecule has 98 valence electrons. The molecule has 0 fully saturated rings. The van der Waals surface area contributed by atoms with Gasteiger partial charge in [0.15, 0.2) is 11.6 Å². The van der Waals surface area contributed by atoms with Crippen molar-refractivity contribution in [1.82, 2.24) is 5.32 Å². The smallest absolute Gasteiger partial charge is 0.156 e. The van der Waals surface area contributed by atoms with Crippen molar-refractivity contribution in [2.75, 3.05) is 6.54 Å². The van der Waals surface area contributed by atoms with E-state index in [0.29, 0.717) is 12.3 Å². The SMILES string of the molecule is CC[C@H](CNC(C)(C)C)CC(=O)/C=C/C(C)=O. The Morgan fingerprint density at radius 1 is 1.24 bits per heavy atom. The number of hydrogen-bond donors (Lipinski definition) is 1. The highest BCUT2D eigenvalue weighted by molar-refractivity contribution is 5.97. The minimum absolute atomic E-state index is 0.0303. The summed E-state index contributed by atoms with van der Waals surface area (Å²) in [7, 11) is 0. The van der Waals surface area contributed by atoms with Crippen molar-refractivity contribution in [2.24, 2.45) is 5.92 Å². The normalized spacial score (nSPS) is 13.9. The molecule has 0 amide bonds. The van der Waals surface area contributed by atoms with E-state index in [2.05, 4.69) is 33.0 Å². The average Bonchev–Trinajstić information content (AvgIpc) is 2.19. The first-order valence-electron chi connectivity index (χ1n) is 6.21. The van der Waals surface area contributed by atoms with Gasteiger partial charge in [0.1, 0.15) is 0 Å². The van der Waals surface area contributed by atoms with Gasteiger partial charge < -0.3 is 5.32 Å². The van der Waals surface area contributed by atoms with E-state index in [0.717, 1.165) is 13.0 Å². The van der Waals surface area contributed by atoms with Crippen LogP contribution in [0.25, 0.3) is 0 Å². The zero-order valence-corrected chi connectivity index (χ0v) is 11.7. The van der Waals surface area contributed by atoms with Crippen LogP contribution in [0.3, 0.4) is 0 Å². The van der Waals surface area contributed by atoms with Crippen molar-refractivity contribution in [2.45, 2.75) is 53.0 Å². The average molecular weight is 239 g/mol. The maximum Gasteiger partial charge on any atom is 0.156 e. The summed E-state index contributed by atoms with van der Waals surface area (Å²) in [6.07, 6.45) is 4.19. The lowest BCUT2D eigenvalue weighted by Crippen LogP contribution is -2.39. The fourth-order valence-electron chi connectivity index (χ4n) is 1.37. The van der Waals surface area contributed by atoms with E-state index in [1.807, 2.05) is 0 Å². The van der Waals surface area contributed by atoms with Gasteiger partial charge >= 0.3 is 0 Å². The number of hydrogen-bond acceptors (Lipinski definition) is 3. The van der Waals surface area contributed by atoms with E-state index >= 15 is 0 Å². The molecule has 0 saturated carbocycles. The third-order valence-corrected chi connectivity index (χ3v) is 2.49. The van der Waals surface area contributed by atoms with E-state index in [1.54, 1.807) is 0 Å². The molecule has 0 bridgehead atoms. The maximum absolute atomic E-state index is 11.6. The zero-order chi connectivity index (χ0) is 13.5. The van der Waals surface area contributed by atoms with Gasteiger partial charge in [0, 0.05) is 12.0 Å². The third-order valence-electron chi connectivity index (χ3n) is 2.49. The maximum atomic E-state index is 11.6. The van der Waals surface area contributed by atoms with Crippen molar-refractivity contribution >= 4 is 11.6 Å². The summed E-state index contributed by atoms with van der Waals surface area (Å²) in [4.78, 5) is 22.3. The lowest BCUT2D eigenvalue weighted by atomic mass is 9.97. The molecule has 3 nitrogen and oxygen atoms in total. The molecule has 0 heterocycles. The van der Waals surface area contributed by atoms with Crippen LogP contribution < -0.4 is 5.32 Å². The van der Waals surface area contributed by atoms with Gasteiger partial charge in [0.25, 0.3) is 0 Å². The van der Waals surface area contributed by atoms with Gasteiger partial charge in [-0.15, -0.1) is 0 Å². The van der Waals surface area contributed by atoms with Crippen LogP contribution in [0.4, 0.5) is 0 Å². The van der Waals surface area contributed by atoms with Crippen molar-refractivity contribution in [1.29, 1.82) is 0 Å². The van der Waals surface area contributed by atoms with Gasteiger partial charge in [-0.05, 0) is 52.3 Å². The van der Waals surface area contributed by atoms with Crippen LogP contribution in [0.5, 0.6) is 0 Å². The Balaban J connectivity index is 4.13. The first kappa shape index (κ1) is 16.0. The molecule has 17 heavy (non-hydrogen) atoms. The standard InChI is InChI=1S/C14H25NO2/c1-6-12(10-15-14(3,4)5)9-13(17)8-7-11(2)16/h7-8,12,15H,6,9-10H2,1-5H3/b8-7+/t12-/m0/s1. The summed E-state index contributed by atoms with van der Waals surface area (Å²) in [5, 5.41) is 3.40. The van der Waals surface area contributed by atoms with Gasteiger partial charge in [0.2, 0.25) is 0 Å². The van der Waals surface area contributed by atoms with E-state index in [4.69, 9.17) is 0 Å². The minimum Gasteiger partial charge on any atom is -0.312 e. The first-order valence-corrected chi connectivity index (χ1v) is 6.21. The quantitative estimate of drug-likeness (QED) is 0.694. The number of ketones is 2. The summed E-state index contributed by atoms with van der Waals surface area (Å²) in [6, 6.07) is 0. The van der Waals surface area contributed by atoms with Gasteiger partial charge in [-0.2, -0.15) is 0 Å². The summed E-state index contributed by atoms with van der Waals surface area (Å²) in [5.41, 5.74) is 0.0751. The summed E-state index contributed by atoms with van der Waals surface area (Å²) < 4.78 is 0. The predicted octanol–water partition coefficient (Wildman–Crippen LogP) is 2.51. The number of carbonyl (C=O) groups excluding carboxylic acids is 2. The lowest BCUT2D eigenvalue weighted by molar-refractivity contribution is -0.116. The second-order valence-electron chi connectivity index (χ2n) is 5.52. The highest BCUT2D eigenvalue weighted by Gasteiger charge is 2.14. The molecule has 0 aromatic rings. The van der Waals surface area contributed by atoms with Crippen LogP contribution in [0.15, 0.2) is 12.2 Å². The van der Waals surface area contributed by atoms with Gasteiger partial charge in [-0.1, -0.05) is 13.3 Å². The van der Waals surface area contributed by atoms with Crippen LogP contribution in [-0.2, 0) is 9.59 Å². The lowest BCUT2D eigenvalue weighted by Gasteiger charge is -2.24. The Bertz CT molecular complexity index is 287. The predicted molar refractivity (Wildman–Crippen MR) is 71.0 cm³/mol. The number of rotatable bonds is 7. The molecule has 3 heteroatoms. The number of carbonyl (C=O) groups is 2. The van der Waals surface area contributed by atoms with Gasteiger partial charge in [0.05, 0.1) is 0 Å². The summed E-state index contributed by atoms with van der Waals surface area (Å²) >= 11 is 0. The fourth-order valence-corrected chi connectivity index (χ4v) is 1.37. The van der Waals surface area contributed by atoms with Crippen molar-refractivity contribution < 1.29 is 9.59 Å². The van der Waals surface area contributed by atoms with Crippen molar-refractivity contribution in [3.63, 3.8) is 0 Å². The summed E-state index contributed by atoms with van der Waals surface area (Å²) in [6.45, 7) is 10.7. The Labute approximate surface area is 105 Å². The molecule has 1 atom stereocenters. The Morgan fingerprint density at radius 3 is 2.24 bits per heavy atom. The molecule has 0 rings (SSSR count). The fraction of sp³-hybridized carbons (Fsp3) is 0.714. The second-order valence-corrected chi connectivity index (χ2v) is 5.52. The van der Waals surface area contributed by atoms with E-state index in [-0.39, 0.29) is 17.1 Å². The van der Waals surface area contributed by atoms with Gasteiger partial charge in [-0.25, -0.2) is 0 Å². The highest BCUT2D eigenvalue weighted by Crippen LogP contribution is 2.10. The Hall–Kier alpha value is -0.960. The van der Waals surface area contributed by atoms with E-state index < -0.39 is 0 Å². The Kier molecular flexibility index (Phi) is 6.97. The van der Waals surface area contributed by atoms with Crippen LogP contribution in [-0.4, -0.2) is 23.7 Å².